The van der Waals surface area contributed by atoms with Gasteiger partial charge in [-0.3, -0.25) is 25.0 Å². The molecule has 2 amide bonds. The molecule has 2 aromatic carbocycles. The van der Waals surface area contributed by atoms with E-state index in [9.17, 15) is 29.4 Å². The highest BCUT2D eigenvalue weighted by Crippen LogP contribution is 2.60. The number of rotatable bonds is 4. The third-order valence-corrected chi connectivity index (χ3v) is 4.74. The maximum absolute atomic E-state index is 13.7. The number of amides is 2. The summed E-state index contributed by atoms with van der Waals surface area (Å²) in [5, 5.41) is 23.2. The first-order valence-corrected chi connectivity index (χ1v) is 8.11. The Morgan fingerprint density at radius 3 is 2.56 bits per heavy atom. The summed E-state index contributed by atoms with van der Waals surface area (Å²) in [5.74, 6) is -4.16. The van der Waals surface area contributed by atoms with Crippen LogP contribution in [-0.4, -0.2) is 22.8 Å². The Morgan fingerprint density at radius 2 is 1.96 bits per heavy atom. The fourth-order valence-electron chi connectivity index (χ4n) is 3.18. The van der Waals surface area contributed by atoms with Crippen molar-refractivity contribution in [2.75, 3.05) is 0 Å². The van der Waals surface area contributed by atoms with Crippen molar-refractivity contribution in [2.24, 2.45) is 5.41 Å². The lowest BCUT2D eigenvalue weighted by atomic mass is 9.99. The summed E-state index contributed by atoms with van der Waals surface area (Å²) in [4.78, 5) is 35.5. The lowest BCUT2D eigenvalue weighted by Crippen LogP contribution is -2.39. The van der Waals surface area contributed by atoms with Gasteiger partial charge in [0, 0.05) is 9.95 Å². The average Bonchev–Trinajstić information content (AvgIpc) is 3.33. The highest BCUT2D eigenvalue weighted by atomic mass is 35.5. The van der Waals surface area contributed by atoms with Crippen LogP contribution in [0, 0.1) is 32.7 Å². The highest BCUT2D eigenvalue weighted by Gasteiger charge is 2.80. The lowest BCUT2D eigenvalue weighted by Gasteiger charge is -2.08. The van der Waals surface area contributed by atoms with Gasteiger partial charge in [0.25, 0.3) is 17.9 Å². The van der Waals surface area contributed by atoms with Crippen LogP contribution < -0.4 is 5.32 Å². The Balaban J connectivity index is 1.93. The highest BCUT2D eigenvalue weighted by molar-refractivity contribution is 6.30. The molecule has 1 aliphatic carbocycles. The van der Waals surface area contributed by atoms with Crippen LogP contribution in [0.3, 0.4) is 0 Å². The van der Waals surface area contributed by atoms with Crippen LogP contribution in [0.4, 0.5) is 4.39 Å². The van der Waals surface area contributed by atoms with Crippen molar-refractivity contribution >= 4 is 23.4 Å². The van der Waals surface area contributed by atoms with Crippen molar-refractivity contribution < 1.29 is 18.9 Å². The second-order valence-electron chi connectivity index (χ2n) is 6.01. The zero-order valence-electron chi connectivity index (χ0n) is 13.6. The molecule has 3 atom stereocenters. The van der Waals surface area contributed by atoms with Gasteiger partial charge in [0.2, 0.25) is 5.41 Å². The number of imide groups is 1. The maximum atomic E-state index is 13.7. The van der Waals surface area contributed by atoms with Gasteiger partial charge in [-0.25, -0.2) is 4.39 Å². The Labute approximate surface area is 157 Å². The molecule has 1 N–H and O–H groups in total. The molecule has 3 rings (SSSR count). The van der Waals surface area contributed by atoms with Crippen LogP contribution in [0.5, 0.6) is 0 Å². The number of nitrogens with zero attached hydrogens (tertiary/aromatic N) is 2. The summed E-state index contributed by atoms with van der Waals surface area (Å²) < 4.78 is 13.7. The number of halogens is 2. The van der Waals surface area contributed by atoms with Crippen molar-refractivity contribution in [1.29, 1.82) is 5.26 Å². The molecule has 1 saturated carbocycles. The van der Waals surface area contributed by atoms with Crippen molar-refractivity contribution in [1.82, 2.24) is 5.32 Å². The molecule has 0 unspecified atom stereocenters. The maximum Gasteiger partial charge on any atom is 0.260 e. The van der Waals surface area contributed by atoms with Crippen LogP contribution in [0.15, 0.2) is 48.5 Å². The van der Waals surface area contributed by atoms with E-state index in [-0.39, 0.29) is 5.02 Å². The molecule has 2 aromatic rings. The quantitative estimate of drug-likeness (QED) is 0.492. The van der Waals surface area contributed by atoms with Crippen LogP contribution in [0.25, 0.3) is 0 Å². The molecule has 27 heavy (non-hydrogen) atoms. The van der Waals surface area contributed by atoms with Crippen molar-refractivity contribution in [3.05, 3.63) is 80.6 Å². The topological polar surface area (TPSA) is 113 Å². The second kappa shape index (κ2) is 6.78. The summed E-state index contributed by atoms with van der Waals surface area (Å²) in [6.07, 6.45) is 0. The molecule has 0 aliphatic heterocycles. The number of nitro groups is 1. The summed E-state index contributed by atoms with van der Waals surface area (Å²) >= 11 is 5.89. The fraction of sp³-hybridized carbons (Fsp3) is 0.167. The Morgan fingerprint density at radius 1 is 1.26 bits per heavy atom. The molecule has 0 aromatic heterocycles. The largest absolute Gasteiger partial charge is 0.291 e. The van der Waals surface area contributed by atoms with E-state index in [0.717, 1.165) is 12.1 Å². The van der Waals surface area contributed by atoms with Gasteiger partial charge in [0.05, 0.1) is 17.6 Å². The summed E-state index contributed by atoms with van der Waals surface area (Å²) in [6.45, 7) is 0. The molecular formula is C18H11ClFN3O4. The smallest absolute Gasteiger partial charge is 0.260 e. The first kappa shape index (κ1) is 18.5. The predicted octanol–water partition coefficient (Wildman–Crippen LogP) is 2.69. The number of nitriles is 1. The molecule has 0 heterocycles. The number of carbonyl (C=O) groups is 2. The molecule has 1 fully saturated rings. The Bertz CT molecular complexity index is 1010. The van der Waals surface area contributed by atoms with Gasteiger partial charge < -0.3 is 0 Å². The van der Waals surface area contributed by atoms with E-state index in [1.807, 2.05) is 5.32 Å². The molecule has 0 radical (unpaired) electrons. The SMILES string of the molecule is N#C[C@]1(C(=O)NC(=O)c2ccccc2F)[C@@H]([N+](=O)[O-])[C@@H]1c1cccc(Cl)c1. The second-order valence-corrected chi connectivity index (χ2v) is 6.44. The van der Waals surface area contributed by atoms with Gasteiger partial charge in [0.1, 0.15) is 5.82 Å². The molecule has 0 bridgehead atoms. The molecule has 0 saturated heterocycles. The fourth-order valence-corrected chi connectivity index (χ4v) is 3.38. The lowest BCUT2D eigenvalue weighted by molar-refractivity contribution is -0.500. The van der Waals surface area contributed by atoms with Crippen LogP contribution in [-0.2, 0) is 4.79 Å². The molecule has 9 heteroatoms. The van der Waals surface area contributed by atoms with Crippen LogP contribution >= 0.6 is 11.6 Å². The standard InChI is InChI=1S/C18H11ClFN3O4/c19-11-5-3-4-10(8-11)14-15(23(26)27)18(14,9-21)17(25)22-16(24)12-6-1-2-7-13(12)20/h1-8,14-15H,(H,22,24,25)/t14-,15-,18+/m0/s1. The van der Waals surface area contributed by atoms with E-state index in [1.54, 1.807) is 12.1 Å². The van der Waals surface area contributed by atoms with Crippen molar-refractivity contribution in [3.63, 3.8) is 0 Å². The van der Waals surface area contributed by atoms with E-state index >= 15 is 0 Å². The molecule has 0 spiro atoms. The number of benzene rings is 2. The average molecular weight is 388 g/mol. The van der Waals surface area contributed by atoms with Crippen molar-refractivity contribution in [2.45, 2.75) is 12.0 Å². The number of carbonyl (C=O) groups excluding carboxylic acids is 2. The summed E-state index contributed by atoms with van der Waals surface area (Å²) in [6, 6.07) is 11.1. The van der Waals surface area contributed by atoms with Gasteiger partial charge in [-0.05, 0) is 29.8 Å². The molecular weight excluding hydrogens is 377 g/mol. The number of hydrogen-bond acceptors (Lipinski definition) is 5. The monoisotopic (exact) mass is 387 g/mol. The molecule has 136 valence electrons. The Hall–Kier alpha value is -3.31. The minimum atomic E-state index is -2.09. The van der Waals surface area contributed by atoms with Gasteiger partial charge >= 0.3 is 0 Å². The molecule has 1 aliphatic rings. The minimum absolute atomic E-state index is 0.288. The summed E-state index contributed by atoms with van der Waals surface area (Å²) in [7, 11) is 0. The van der Waals surface area contributed by atoms with E-state index in [4.69, 9.17) is 11.6 Å². The van der Waals surface area contributed by atoms with E-state index in [1.165, 1.54) is 30.3 Å². The van der Waals surface area contributed by atoms with E-state index < -0.39 is 45.5 Å². The first-order chi connectivity index (χ1) is 12.8. The van der Waals surface area contributed by atoms with E-state index in [0.29, 0.717) is 5.56 Å². The normalized spacial score (nSPS) is 23.1. The minimum Gasteiger partial charge on any atom is -0.291 e. The van der Waals surface area contributed by atoms with Gasteiger partial charge in [0.15, 0.2) is 0 Å². The van der Waals surface area contributed by atoms with Crippen LogP contribution in [0.1, 0.15) is 21.8 Å². The number of hydrogen-bond donors (Lipinski definition) is 1. The number of nitrogens with one attached hydrogen (secondary N) is 1. The van der Waals surface area contributed by atoms with E-state index in [2.05, 4.69) is 0 Å². The third kappa shape index (κ3) is 3.02. The van der Waals surface area contributed by atoms with Crippen LogP contribution in [0.2, 0.25) is 5.02 Å². The molecule has 7 nitrogen and oxygen atoms in total. The van der Waals surface area contributed by atoms with Crippen molar-refractivity contribution in [3.8, 4) is 6.07 Å². The zero-order valence-corrected chi connectivity index (χ0v) is 14.3. The van der Waals surface area contributed by atoms with Gasteiger partial charge in [-0.2, -0.15) is 5.26 Å². The Kier molecular flexibility index (Phi) is 4.64. The predicted molar refractivity (Wildman–Crippen MR) is 91.9 cm³/mol. The first-order valence-electron chi connectivity index (χ1n) is 7.73. The third-order valence-electron chi connectivity index (χ3n) is 4.50. The van der Waals surface area contributed by atoms with Gasteiger partial charge in [-0.15, -0.1) is 0 Å². The summed E-state index contributed by atoms with van der Waals surface area (Å²) in [5.41, 5.74) is -2.16. The van der Waals surface area contributed by atoms with Gasteiger partial charge in [-0.1, -0.05) is 35.9 Å². The zero-order chi connectivity index (χ0) is 19.8.